The van der Waals surface area contributed by atoms with Crippen molar-refractivity contribution in [2.45, 2.75) is 13.3 Å². The quantitative estimate of drug-likeness (QED) is 0.316. The van der Waals surface area contributed by atoms with Gasteiger partial charge in [-0.3, -0.25) is 0 Å². The van der Waals surface area contributed by atoms with E-state index in [4.69, 9.17) is 10.4 Å². The minimum absolute atomic E-state index is 0.382. The molecule has 0 aromatic carbocycles. The molecule has 0 saturated heterocycles. The fourth-order valence-corrected chi connectivity index (χ4v) is 0.214. The van der Waals surface area contributed by atoms with Crippen molar-refractivity contribution in [3.63, 3.8) is 0 Å². The fraction of sp³-hybridized carbons (Fsp3) is 0.500. The highest BCUT2D eigenvalue weighted by Gasteiger charge is 1.84. The van der Waals surface area contributed by atoms with Gasteiger partial charge in [-0.25, -0.2) is 0 Å². The predicted molar refractivity (Wildman–Crippen MR) is 29.8 cm³/mol. The molecule has 8 heavy (non-hydrogen) atoms. The zero-order valence-electron chi connectivity index (χ0n) is 4.57. The highest BCUT2D eigenvalue weighted by atomic mass is 16.4. The van der Waals surface area contributed by atoms with Gasteiger partial charge in [0.2, 0.25) is 0 Å². The Morgan fingerprint density at radius 2 is 2.25 bits per heavy atom. The molecule has 46 valence electrons. The number of hydrogen-bond donors (Lipinski definition) is 2. The zero-order valence-corrected chi connectivity index (χ0v) is 4.57. The predicted octanol–water partition coefficient (Wildman–Crippen LogP) is 0.687. The average molecular weight is 116 g/mol. The molecule has 0 rings (SSSR count). The molecular formula is C4H8N2O2. The molecule has 4 nitrogen and oxygen atoms in total. The third-order valence-corrected chi connectivity index (χ3v) is 0.639. The standard InChI is InChI=1S/C4H8N2O2/c1-4(6-8)2-3-5-7/h3,7-8H,2H2,1H3/b5-3+,6-4+. The summed E-state index contributed by atoms with van der Waals surface area (Å²) in [5.41, 5.74) is 0.516. The van der Waals surface area contributed by atoms with Crippen LogP contribution in [0.3, 0.4) is 0 Å². The van der Waals surface area contributed by atoms with E-state index in [1.54, 1.807) is 6.92 Å². The van der Waals surface area contributed by atoms with Crippen molar-refractivity contribution >= 4 is 11.9 Å². The Morgan fingerprint density at radius 1 is 1.62 bits per heavy atom. The van der Waals surface area contributed by atoms with Crippen LogP contribution in [0.5, 0.6) is 0 Å². The first kappa shape index (κ1) is 6.94. The van der Waals surface area contributed by atoms with Crippen LogP contribution < -0.4 is 0 Å². The topological polar surface area (TPSA) is 65.2 Å². The molecule has 0 atom stereocenters. The second kappa shape index (κ2) is 4.11. The normalized spacial score (nSPS) is 12.9. The summed E-state index contributed by atoms with van der Waals surface area (Å²) in [6, 6.07) is 0. The third-order valence-electron chi connectivity index (χ3n) is 0.639. The fourth-order valence-electron chi connectivity index (χ4n) is 0.214. The molecule has 2 N–H and O–H groups in total. The molecule has 4 heteroatoms. The second-order valence-electron chi connectivity index (χ2n) is 1.34. The maximum atomic E-state index is 8.01. The molecule has 0 aliphatic carbocycles. The Kier molecular flexibility index (Phi) is 3.56. The number of rotatable bonds is 2. The van der Waals surface area contributed by atoms with Gasteiger partial charge in [0.15, 0.2) is 0 Å². The van der Waals surface area contributed by atoms with E-state index in [0.717, 1.165) is 0 Å². The molecular weight excluding hydrogens is 108 g/mol. The van der Waals surface area contributed by atoms with Crippen LogP contribution in [0.4, 0.5) is 0 Å². The molecule has 0 aromatic rings. The second-order valence-corrected chi connectivity index (χ2v) is 1.34. The van der Waals surface area contributed by atoms with Crippen LogP contribution in [-0.4, -0.2) is 22.3 Å². The Bertz CT molecular complexity index is 109. The summed E-state index contributed by atoms with van der Waals surface area (Å²) in [6.07, 6.45) is 1.63. The van der Waals surface area contributed by atoms with Crippen LogP contribution in [0.1, 0.15) is 13.3 Å². The number of nitrogens with zero attached hydrogens (tertiary/aromatic N) is 2. The van der Waals surface area contributed by atoms with Gasteiger partial charge in [0.25, 0.3) is 0 Å². The van der Waals surface area contributed by atoms with Crippen LogP contribution in [0.25, 0.3) is 0 Å². The largest absolute Gasteiger partial charge is 0.411 e. The van der Waals surface area contributed by atoms with Crippen molar-refractivity contribution in [1.29, 1.82) is 0 Å². The highest BCUT2D eigenvalue weighted by molar-refractivity contribution is 5.93. The Labute approximate surface area is 47.1 Å². The van der Waals surface area contributed by atoms with E-state index in [1.165, 1.54) is 6.21 Å². The maximum Gasteiger partial charge on any atom is 0.0594 e. The summed E-state index contributed by atoms with van der Waals surface area (Å²) in [4.78, 5) is 0. The van der Waals surface area contributed by atoms with Gasteiger partial charge < -0.3 is 10.4 Å². The average Bonchev–Trinajstić information content (AvgIpc) is 1.83. The van der Waals surface area contributed by atoms with Crippen molar-refractivity contribution < 1.29 is 10.4 Å². The monoisotopic (exact) mass is 116 g/mol. The molecule has 0 aliphatic heterocycles. The highest BCUT2D eigenvalue weighted by Crippen LogP contribution is 1.78. The lowest BCUT2D eigenvalue weighted by Crippen LogP contribution is -1.90. The molecule has 0 aromatic heterocycles. The summed E-state index contributed by atoms with van der Waals surface area (Å²) in [5.74, 6) is 0. The summed E-state index contributed by atoms with van der Waals surface area (Å²) >= 11 is 0. The van der Waals surface area contributed by atoms with Crippen LogP contribution in [0.15, 0.2) is 10.3 Å². The van der Waals surface area contributed by atoms with Crippen LogP contribution in [-0.2, 0) is 0 Å². The summed E-state index contributed by atoms with van der Waals surface area (Å²) < 4.78 is 0. The summed E-state index contributed by atoms with van der Waals surface area (Å²) in [7, 11) is 0. The van der Waals surface area contributed by atoms with Gasteiger partial charge in [0.1, 0.15) is 0 Å². The molecule has 0 amide bonds. The summed E-state index contributed by atoms with van der Waals surface area (Å²) in [6.45, 7) is 1.63. The number of oxime groups is 2. The third kappa shape index (κ3) is 3.14. The van der Waals surface area contributed by atoms with Crippen LogP contribution >= 0.6 is 0 Å². The van der Waals surface area contributed by atoms with Crippen LogP contribution in [0, 0.1) is 0 Å². The Morgan fingerprint density at radius 3 is 2.62 bits per heavy atom. The van der Waals surface area contributed by atoms with Gasteiger partial charge in [-0.05, 0) is 6.92 Å². The lowest BCUT2D eigenvalue weighted by molar-refractivity contribution is 0.316. The van der Waals surface area contributed by atoms with E-state index in [0.29, 0.717) is 12.1 Å². The van der Waals surface area contributed by atoms with Crippen molar-refractivity contribution in [2.24, 2.45) is 10.3 Å². The number of hydrogen-bond acceptors (Lipinski definition) is 4. The smallest absolute Gasteiger partial charge is 0.0594 e. The van der Waals surface area contributed by atoms with Crippen molar-refractivity contribution in [1.82, 2.24) is 0 Å². The van der Waals surface area contributed by atoms with Crippen molar-refractivity contribution in [2.75, 3.05) is 0 Å². The van der Waals surface area contributed by atoms with Crippen molar-refractivity contribution in [3.8, 4) is 0 Å². The van der Waals surface area contributed by atoms with Gasteiger partial charge in [-0.15, -0.1) is 5.16 Å². The van der Waals surface area contributed by atoms with E-state index in [2.05, 4.69) is 10.3 Å². The molecule has 0 radical (unpaired) electrons. The van der Waals surface area contributed by atoms with Gasteiger partial charge in [0, 0.05) is 12.6 Å². The minimum atomic E-state index is 0.382. The maximum absolute atomic E-state index is 8.01. The van der Waals surface area contributed by atoms with Gasteiger partial charge >= 0.3 is 0 Å². The lowest BCUT2D eigenvalue weighted by atomic mass is 10.3. The van der Waals surface area contributed by atoms with Gasteiger partial charge in [0.05, 0.1) is 5.71 Å². The SMILES string of the molecule is C/C(C/C=N/O)=N\O. The van der Waals surface area contributed by atoms with E-state index in [1.807, 2.05) is 0 Å². The molecule has 0 bridgehead atoms. The first-order valence-electron chi connectivity index (χ1n) is 2.14. The van der Waals surface area contributed by atoms with Gasteiger partial charge in [-0.1, -0.05) is 5.16 Å². The first-order valence-corrected chi connectivity index (χ1v) is 2.14. The zero-order chi connectivity index (χ0) is 6.41. The molecule has 0 saturated carbocycles. The van der Waals surface area contributed by atoms with Crippen molar-refractivity contribution in [3.05, 3.63) is 0 Å². The van der Waals surface area contributed by atoms with E-state index < -0.39 is 0 Å². The first-order chi connectivity index (χ1) is 3.81. The molecule has 0 spiro atoms. The van der Waals surface area contributed by atoms with E-state index >= 15 is 0 Å². The van der Waals surface area contributed by atoms with Crippen LogP contribution in [0.2, 0.25) is 0 Å². The van der Waals surface area contributed by atoms with E-state index in [9.17, 15) is 0 Å². The van der Waals surface area contributed by atoms with Gasteiger partial charge in [-0.2, -0.15) is 0 Å². The molecule has 0 unspecified atom stereocenters. The molecule has 0 fully saturated rings. The lowest BCUT2D eigenvalue weighted by Gasteiger charge is -1.84. The molecule has 0 aliphatic rings. The molecule has 0 heterocycles. The summed E-state index contributed by atoms with van der Waals surface area (Å²) in [5, 5.41) is 21.4. The van der Waals surface area contributed by atoms with E-state index in [-0.39, 0.29) is 0 Å². The Balaban J connectivity index is 3.40. The Hall–Kier alpha value is -1.06. The minimum Gasteiger partial charge on any atom is -0.411 e.